The first-order valence-corrected chi connectivity index (χ1v) is 12.2. The number of rotatable bonds is 10. The summed E-state index contributed by atoms with van der Waals surface area (Å²) in [6.45, 7) is 3.40. The first-order chi connectivity index (χ1) is 16.7. The van der Waals surface area contributed by atoms with Crippen LogP contribution in [0.1, 0.15) is 22.8 Å². The summed E-state index contributed by atoms with van der Waals surface area (Å²) in [4.78, 5) is 24.4. The van der Waals surface area contributed by atoms with E-state index in [1.54, 1.807) is 68.4 Å². The van der Waals surface area contributed by atoms with Gasteiger partial charge in [-0.1, -0.05) is 12.1 Å². The van der Waals surface area contributed by atoms with Crippen LogP contribution in [-0.2, 0) is 19.6 Å². The Labute approximate surface area is 204 Å². The first kappa shape index (κ1) is 25.6. The quantitative estimate of drug-likeness (QED) is 0.406. The highest BCUT2D eigenvalue weighted by Crippen LogP contribution is 2.23. The fourth-order valence-electron chi connectivity index (χ4n) is 3.09. The Hall–Kier alpha value is -4.05. The molecule has 1 amide bonds. The lowest BCUT2D eigenvalue weighted by atomic mass is 10.1. The average Bonchev–Trinajstić information content (AvgIpc) is 2.83. The van der Waals surface area contributed by atoms with Crippen molar-refractivity contribution in [1.29, 1.82) is 0 Å². The molecular weight excluding hydrogens is 472 g/mol. The minimum absolute atomic E-state index is 0.0596. The number of carbonyl (C=O) groups excluding carboxylic acids is 2. The minimum atomic E-state index is -3.94. The van der Waals surface area contributed by atoms with E-state index in [9.17, 15) is 18.0 Å². The number of hydrogen-bond donors (Lipinski definition) is 2. The van der Waals surface area contributed by atoms with Gasteiger partial charge in [-0.15, -0.1) is 0 Å². The second kappa shape index (κ2) is 11.4. The fraction of sp³-hybridized carbons (Fsp3) is 0.200. The molecule has 3 rings (SSSR count). The summed E-state index contributed by atoms with van der Waals surface area (Å²) in [7, 11) is -2.42. The van der Waals surface area contributed by atoms with Gasteiger partial charge in [0.05, 0.1) is 18.6 Å². The van der Waals surface area contributed by atoms with E-state index >= 15 is 0 Å². The highest BCUT2D eigenvalue weighted by Gasteiger charge is 2.19. The zero-order valence-electron chi connectivity index (χ0n) is 19.5. The summed E-state index contributed by atoms with van der Waals surface area (Å²) in [6, 6.07) is 17.2. The molecule has 0 heterocycles. The maximum absolute atomic E-state index is 13.0. The number of carbonyl (C=O) groups is 2. The third kappa shape index (κ3) is 6.97. The molecule has 0 saturated carbocycles. The van der Waals surface area contributed by atoms with Crippen molar-refractivity contribution in [2.45, 2.75) is 18.7 Å². The molecule has 0 aliphatic carbocycles. The molecule has 0 aromatic heterocycles. The molecule has 0 spiro atoms. The van der Waals surface area contributed by atoms with Gasteiger partial charge in [-0.3, -0.25) is 9.52 Å². The zero-order valence-corrected chi connectivity index (χ0v) is 20.3. The lowest BCUT2D eigenvalue weighted by molar-refractivity contribution is -0.145. The molecule has 0 bridgehead atoms. The molecule has 0 fully saturated rings. The Bertz CT molecular complexity index is 1310. The molecule has 3 aromatic rings. The van der Waals surface area contributed by atoms with Crippen LogP contribution in [0.3, 0.4) is 0 Å². The average molecular weight is 499 g/mol. The van der Waals surface area contributed by atoms with Crippen molar-refractivity contribution in [3.63, 3.8) is 0 Å². The molecule has 0 aliphatic rings. The number of ether oxygens (including phenoxy) is 3. The van der Waals surface area contributed by atoms with Gasteiger partial charge in [0, 0.05) is 23.0 Å². The lowest BCUT2D eigenvalue weighted by Gasteiger charge is -2.13. The molecular formula is C25H26N2O7S. The summed E-state index contributed by atoms with van der Waals surface area (Å²) < 4.78 is 43.6. The third-order valence-electron chi connectivity index (χ3n) is 4.86. The van der Waals surface area contributed by atoms with Crippen molar-refractivity contribution in [2.75, 3.05) is 30.4 Å². The zero-order chi connectivity index (χ0) is 25.4. The van der Waals surface area contributed by atoms with Gasteiger partial charge in [0.2, 0.25) is 0 Å². The molecule has 0 atom stereocenters. The van der Waals surface area contributed by atoms with Crippen LogP contribution in [0, 0.1) is 6.92 Å². The van der Waals surface area contributed by atoms with E-state index in [1.165, 1.54) is 19.2 Å². The van der Waals surface area contributed by atoms with Crippen LogP contribution in [0.15, 0.2) is 71.6 Å². The predicted octanol–water partition coefficient (Wildman–Crippen LogP) is 4.00. The van der Waals surface area contributed by atoms with Crippen LogP contribution in [0.2, 0.25) is 0 Å². The summed E-state index contributed by atoms with van der Waals surface area (Å²) in [6.07, 6.45) is 0. The van der Waals surface area contributed by atoms with Gasteiger partial charge >= 0.3 is 5.97 Å². The molecule has 0 saturated heterocycles. The summed E-state index contributed by atoms with van der Waals surface area (Å²) in [5, 5.41) is 2.73. The van der Waals surface area contributed by atoms with Gasteiger partial charge in [0.25, 0.3) is 15.9 Å². The molecule has 0 unspecified atom stereocenters. The molecule has 9 nitrogen and oxygen atoms in total. The minimum Gasteiger partial charge on any atom is -0.497 e. The highest BCUT2D eigenvalue weighted by atomic mass is 32.2. The summed E-state index contributed by atoms with van der Waals surface area (Å²) >= 11 is 0. The maximum atomic E-state index is 13.0. The van der Waals surface area contributed by atoms with Crippen molar-refractivity contribution in [3.05, 3.63) is 77.9 Å². The van der Waals surface area contributed by atoms with Gasteiger partial charge in [-0.25, -0.2) is 13.2 Å². The molecule has 2 N–H and O–H groups in total. The van der Waals surface area contributed by atoms with Crippen LogP contribution in [-0.4, -0.2) is 40.6 Å². The van der Waals surface area contributed by atoms with Crippen LogP contribution in [0.25, 0.3) is 0 Å². The van der Waals surface area contributed by atoms with Crippen molar-refractivity contribution in [2.24, 2.45) is 0 Å². The Balaban J connectivity index is 1.75. The van der Waals surface area contributed by atoms with Crippen molar-refractivity contribution in [1.82, 2.24) is 0 Å². The monoisotopic (exact) mass is 498 g/mol. The number of anilines is 2. The molecule has 3 aromatic carbocycles. The third-order valence-corrected chi connectivity index (χ3v) is 6.24. The normalized spacial score (nSPS) is 10.8. The Kier molecular flexibility index (Phi) is 8.32. The number of sulfonamides is 1. The largest absolute Gasteiger partial charge is 0.497 e. The lowest BCUT2D eigenvalue weighted by Crippen LogP contribution is -2.17. The van der Waals surface area contributed by atoms with E-state index in [0.29, 0.717) is 28.4 Å². The number of esters is 1. The number of amides is 1. The molecule has 184 valence electrons. The summed E-state index contributed by atoms with van der Waals surface area (Å²) in [5.41, 5.74) is 1.57. The Morgan fingerprint density at radius 3 is 2.34 bits per heavy atom. The Morgan fingerprint density at radius 1 is 0.914 bits per heavy atom. The predicted molar refractivity (Wildman–Crippen MR) is 132 cm³/mol. The second-order valence-electron chi connectivity index (χ2n) is 7.39. The van der Waals surface area contributed by atoms with Crippen LogP contribution < -0.4 is 19.5 Å². The topological polar surface area (TPSA) is 120 Å². The Morgan fingerprint density at radius 2 is 1.66 bits per heavy atom. The molecule has 10 heteroatoms. The summed E-state index contributed by atoms with van der Waals surface area (Å²) in [5.74, 6) is -0.0319. The maximum Gasteiger partial charge on any atom is 0.344 e. The smallest absolute Gasteiger partial charge is 0.344 e. The number of methoxy groups -OCH3 is 1. The van der Waals surface area contributed by atoms with Crippen molar-refractivity contribution < 1.29 is 32.2 Å². The van der Waals surface area contributed by atoms with Crippen LogP contribution >= 0.6 is 0 Å². The fourth-order valence-corrected chi connectivity index (χ4v) is 4.18. The van der Waals surface area contributed by atoms with E-state index in [-0.39, 0.29) is 23.7 Å². The molecule has 35 heavy (non-hydrogen) atoms. The van der Waals surface area contributed by atoms with Crippen LogP contribution in [0.4, 0.5) is 11.4 Å². The van der Waals surface area contributed by atoms with E-state index in [0.717, 1.165) is 0 Å². The SMILES string of the molecule is CCOC(=O)COc1cccc(NC(=O)c2cc(S(=O)(=O)Nc3ccc(OC)cc3)ccc2C)c1. The number of benzene rings is 3. The van der Waals surface area contributed by atoms with E-state index in [4.69, 9.17) is 14.2 Å². The van der Waals surface area contributed by atoms with Gasteiger partial charge in [-0.05, 0) is 67.9 Å². The first-order valence-electron chi connectivity index (χ1n) is 10.7. The van der Waals surface area contributed by atoms with Crippen molar-refractivity contribution >= 4 is 33.3 Å². The molecule has 0 radical (unpaired) electrons. The van der Waals surface area contributed by atoms with Gasteiger partial charge < -0.3 is 19.5 Å². The van der Waals surface area contributed by atoms with E-state index in [2.05, 4.69) is 10.0 Å². The van der Waals surface area contributed by atoms with Gasteiger partial charge in [-0.2, -0.15) is 0 Å². The standard InChI is InChI=1S/C25H26N2O7S/c1-4-33-24(28)16-34-21-7-5-6-19(14-21)26-25(29)23-15-22(13-8-17(23)2)35(30,31)27-18-9-11-20(32-3)12-10-18/h5-15,27H,4,16H2,1-3H3,(H,26,29). The number of nitrogens with one attached hydrogen (secondary N) is 2. The molecule has 0 aliphatic heterocycles. The van der Waals surface area contributed by atoms with E-state index in [1.807, 2.05) is 0 Å². The second-order valence-corrected chi connectivity index (χ2v) is 9.07. The van der Waals surface area contributed by atoms with Gasteiger partial charge in [0.15, 0.2) is 6.61 Å². The highest BCUT2D eigenvalue weighted by molar-refractivity contribution is 7.92. The van der Waals surface area contributed by atoms with Crippen LogP contribution in [0.5, 0.6) is 11.5 Å². The van der Waals surface area contributed by atoms with E-state index < -0.39 is 21.9 Å². The number of aryl methyl sites for hydroxylation is 1. The van der Waals surface area contributed by atoms with Gasteiger partial charge in [0.1, 0.15) is 11.5 Å². The van der Waals surface area contributed by atoms with Crippen molar-refractivity contribution in [3.8, 4) is 11.5 Å². The number of hydrogen-bond acceptors (Lipinski definition) is 7.